The van der Waals surface area contributed by atoms with Gasteiger partial charge in [0.1, 0.15) is 17.2 Å². The number of hydrogen-bond donors (Lipinski definition) is 1. The number of halogens is 1. The van der Waals surface area contributed by atoms with Gasteiger partial charge < -0.3 is 19.7 Å². The molecule has 1 saturated heterocycles. The van der Waals surface area contributed by atoms with E-state index in [1.54, 1.807) is 66.9 Å². The summed E-state index contributed by atoms with van der Waals surface area (Å²) in [6.45, 7) is 8.47. The maximum atomic E-state index is 15.3. The van der Waals surface area contributed by atoms with Gasteiger partial charge in [0.2, 0.25) is 11.8 Å². The predicted molar refractivity (Wildman–Crippen MR) is 188 cm³/mol. The number of rotatable bonds is 9. The molecular weight excluding hydrogens is 662 g/mol. The molecule has 4 heterocycles. The van der Waals surface area contributed by atoms with E-state index in [1.165, 1.54) is 10.7 Å². The van der Waals surface area contributed by atoms with Gasteiger partial charge in [-0.05, 0) is 87.9 Å². The van der Waals surface area contributed by atoms with E-state index in [-0.39, 0.29) is 29.3 Å². The molecule has 12 nitrogen and oxygen atoms in total. The Hall–Kier alpha value is -5.11. The first-order chi connectivity index (χ1) is 23.7. The van der Waals surface area contributed by atoms with Crippen LogP contribution < -0.4 is 10.1 Å². The summed E-state index contributed by atoms with van der Waals surface area (Å²) in [6.07, 6.45) is 6.20. The number of hydrogen-bond acceptors (Lipinski definition) is 10. The van der Waals surface area contributed by atoms with Crippen molar-refractivity contribution < 1.29 is 27.1 Å². The maximum Gasteiger partial charge on any atom is 0.410 e. The van der Waals surface area contributed by atoms with Gasteiger partial charge in [-0.25, -0.2) is 32.6 Å². The Labute approximate surface area is 290 Å². The molecule has 0 aliphatic carbocycles. The number of nitrogens with one attached hydrogen (secondary N) is 1. The highest BCUT2D eigenvalue weighted by Gasteiger charge is 2.28. The highest BCUT2D eigenvalue weighted by molar-refractivity contribution is 7.89. The fourth-order valence-corrected chi connectivity index (χ4v) is 7.39. The number of amides is 1. The lowest BCUT2D eigenvalue weighted by molar-refractivity contribution is 0.0206. The lowest BCUT2D eigenvalue weighted by Crippen LogP contribution is -2.47. The number of sulfone groups is 1. The van der Waals surface area contributed by atoms with Gasteiger partial charge >= 0.3 is 6.09 Å². The Balaban J connectivity index is 1.25. The topological polar surface area (TPSA) is 141 Å². The number of carbonyl (C=O) groups is 1. The molecule has 14 heteroatoms. The van der Waals surface area contributed by atoms with Crippen molar-refractivity contribution >= 4 is 32.7 Å². The number of ether oxygens (including phenoxy) is 2. The predicted octanol–water partition coefficient (Wildman–Crippen LogP) is 6.59. The van der Waals surface area contributed by atoms with Crippen LogP contribution in [0.2, 0.25) is 0 Å². The lowest BCUT2D eigenvalue weighted by atomic mass is 10.0. The highest BCUT2D eigenvalue weighted by Crippen LogP contribution is 2.38. The number of anilines is 1. The molecule has 5 aromatic rings. The molecule has 2 aromatic carbocycles. The van der Waals surface area contributed by atoms with Gasteiger partial charge in [-0.15, -0.1) is 0 Å². The number of likely N-dealkylation sites (tertiary alicyclic amines) is 1. The molecule has 1 amide bonds. The van der Waals surface area contributed by atoms with Crippen LogP contribution in [0, 0.1) is 12.7 Å². The van der Waals surface area contributed by atoms with Gasteiger partial charge in [-0.2, -0.15) is 5.10 Å². The molecule has 3 aromatic heterocycles. The summed E-state index contributed by atoms with van der Waals surface area (Å²) < 4.78 is 55.2. The smallest absolute Gasteiger partial charge is 0.410 e. The van der Waals surface area contributed by atoms with Crippen LogP contribution in [0.1, 0.15) is 50.4 Å². The molecule has 0 saturated carbocycles. The van der Waals surface area contributed by atoms with Crippen LogP contribution in [0.25, 0.3) is 22.0 Å². The van der Waals surface area contributed by atoms with Crippen LogP contribution in [0.4, 0.5) is 15.1 Å². The van der Waals surface area contributed by atoms with Gasteiger partial charge in [-0.3, -0.25) is 4.68 Å². The van der Waals surface area contributed by atoms with Gasteiger partial charge in [-0.1, -0.05) is 12.1 Å². The van der Waals surface area contributed by atoms with Crippen LogP contribution in [-0.4, -0.2) is 68.9 Å². The van der Waals surface area contributed by atoms with E-state index >= 15 is 4.39 Å². The molecule has 0 radical (unpaired) electrons. The minimum Gasteiger partial charge on any atom is -0.444 e. The van der Waals surface area contributed by atoms with Crippen molar-refractivity contribution in [1.29, 1.82) is 0 Å². The third-order valence-electron chi connectivity index (χ3n) is 8.21. The zero-order valence-electron chi connectivity index (χ0n) is 28.7. The zero-order valence-corrected chi connectivity index (χ0v) is 29.5. The second-order valence-corrected chi connectivity index (χ2v) is 15.5. The minimum absolute atomic E-state index is 0.0592. The number of aryl methyl sites for hydroxylation is 2. The first kappa shape index (κ1) is 34.7. The lowest BCUT2D eigenvalue weighted by Gasteiger charge is -2.34. The van der Waals surface area contributed by atoms with Crippen molar-refractivity contribution in [2.75, 3.05) is 18.4 Å². The summed E-state index contributed by atoms with van der Waals surface area (Å²) in [5, 5.41) is 8.50. The monoisotopic (exact) mass is 701 g/mol. The number of carbonyl (C=O) groups excluding carboxylic acids is 1. The molecule has 1 aliphatic heterocycles. The van der Waals surface area contributed by atoms with Gasteiger partial charge in [0.05, 0.1) is 28.5 Å². The quantitative estimate of drug-likeness (QED) is 0.179. The van der Waals surface area contributed by atoms with Crippen LogP contribution in [0.3, 0.4) is 0 Å². The van der Waals surface area contributed by atoms with E-state index in [1.807, 2.05) is 33.8 Å². The number of fused-ring (bicyclic) bond motifs is 1. The highest BCUT2D eigenvalue weighted by atomic mass is 32.2. The summed E-state index contributed by atoms with van der Waals surface area (Å²) in [5.41, 5.74) is 1.76. The number of piperidine rings is 1. The molecule has 0 bridgehead atoms. The zero-order chi connectivity index (χ0) is 35.6. The summed E-state index contributed by atoms with van der Waals surface area (Å²) in [5.74, 6) is -0.366. The molecular formula is C36H40FN7O5S. The van der Waals surface area contributed by atoms with Crippen LogP contribution >= 0.6 is 0 Å². The van der Waals surface area contributed by atoms with E-state index in [4.69, 9.17) is 14.5 Å². The molecule has 0 unspecified atom stereocenters. The molecule has 0 spiro atoms. The molecule has 1 aliphatic rings. The average Bonchev–Trinajstić information content (AvgIpc) is 3.46. The fraction of sp³-hybridized carbons (Fsp3) is 0.361. The molecule has 50 heavy (non-hydrogen) atoms. The third kappa shape index (κ3) is 8.19. The van der Waals surface area contributed by atoms with Crippen LogP contribution in [-0.2, 0) is 33.1 Å². The van der Waals surface area contributed by atoms with Crippen molar-refractivity contribution in [2.45, 2.75) is 63.7 Å². The Morgan fingerprint density at radius 3 is 2.60 bits per heavy atom. The number of benzene rings is 2. The van der Waals surface area contributed by atoms with Crippen molar-refractivity contribution in [3.8, 4) is 22.9 Å². The number of aromatic nitrogens is 5. The maximum absolute atomic E-state index is 15.3. The van der Waals surface area contributed by atoms with E-state index in [9.17, 15) is 13.2 Å². The molecule has 1 atom stereocenters. The number of nitrogens with zero attached hydrogens (tertiary/aromatic N) is 6. The Bertz CT molecular complexity index is 2150. The van der Waals surface area contributed by atoms with Gasteiger partial charge in [0, 0.05) is 55.7 Å². The van der Waals surface area contributed by atoms with E-state index in [0.29, 0.717) is 52.5 Å². The van der Waals surface area contributed by atoms with Crippen LogP contribution in [0.5, 0.6) is 11.6 Å². The third-order valence-corrected chi connectivity index (χ3v) is 9.68. The van der Waals surface area contributed by atoms with Crippen molar-refractivity contribution in [2.24, 2.45) is 7.05 Å². The Morgan fingerprint density at radius 1 is 1.04 bits per heavy atom. The van der Waals surface area contributed by atoms with E-state index in [0.717, 1.165) is 18.4 Å². The SMILES string of the molecule is Cc1ccc2c(CS(=O)(=O)Cc3ccn(C)n3)c(F)ccc2c1Oc1ncccc1-c1ccnc(N[C@H]2CCCN(C(=O)OC(C)(C)C)C2)n1. The Morgan fingerprint density at radius 2 is 1.84 bits per heavy atom. The van der Waals surface area contributed by atoms with Gasteiger partial charge in [0.25, 0.3) is 0 Å². The van der Waals surface area contributed by atoms with E-state index in [2.05, 4.69) is 20.4 Å². The Kier molecular flexibility index (Phi) is 9.74. The first-order valence-corrected chi connectivity index (χ1v) is 18.2. The van der Waals surface area contributed by atoms with Gasteiger partial charge in [0.15, 0.2) is 9.84 Å². The average molecular weight is 702 g/mol. The molecule has 1 fully saturated rings. The van der Waals surface area contributed by atoms with Crippen LogP contribution in [0.15, 0.2) is 67.1 Å². The number of pyridine rings is 1. The largest absolute Gasteiger partial charge is 0.444 e. The summed E-state index contributed by atoms with van der Waals surface area (Å²) in [7, 11) is -2.05. The second-order valence-electron chi connectivity index (χ2n) is 13.5. The molecule has 1 N–H and O–H groups in total. The second kappa shape index (κ2) is 14.0. The minimum atomic E-state index is -3.76. The molecule has 262 valence electrons. The summed E-state index contributed by atoms with van der Waals surface area (Å²) >= 11 is 0. The van der Waals surface area contributed by atoms with Crippen molar-refractivity contribution in [3.05, 3.63) is 89.8 Å². The fourth-order valence-electron chi connectivity index (χ4n) is 5.95. The van der Waals surface area contributed by atoms with E-state index < -0.39 is 27.0 Å². The standard InChI is InChI=1S/C36H40FN7O5S/c1-23-10-11-26-27(12-13-30(37)29(26)22-50(46,47)21-25-15-19-43(5)42-25)32(23)48-33-28(9-6-16-38-33)31-14-17-39-34(41-31)40-24-8-7-18-44(20-24)35(45)49-36(2,3)4/h6,9-17,19,24H,7-8,18,20-22H2,1-5H3,(H,39,40,41)/t24-/m0/s1. The first-order valence-electron chi connectivity index (χ1n) is 16.3. The summed E-state index contributed by atoms with van der Waals surface area (Å²) in [6, 6.07) is 13.2. The summed E-state index contributed by atoms with van der Waals surface area (Å²) in [4.78, 5) is 28.1. The van der Waals surface area contributed by atoms with Crippen molar-refractivity contribution in [1.82, 2.24) is 29.6 Å². The van der Waals surface area contributed by atoms with Crippen molar-refractivity contribution in [3.63, 3.8) is 0 Å². The molecule has 6 rings (SSSR count). The normalized spacial score (nSPS) is 15.2.